The standard InChI is InChI=1S/C10H16Br2N2O4/c11-5-8(15)14(9(16)6-12)4-2-1-3-7(13)10(17)18/h7H,1-6,13H2,(H,17,18). The molecule has 0 aliphatic heterocycles. The maximum atomic E-state index is 11.5. The largest absolute Gasteiger partial charge is 0.480 e. The van der Waals surface area contributed by atoms with Gasteiger partial charge in [0.25, 0.3) is 0 Å². The molecule has 0 saturated heterocycles. The molecule has 0 spiro atoms. The van der Waals surface area contributed by atoms with Crippen molar-refractivity contribution in [1.29, 1.82) is 0 Å². The number of halogens is 2. The Hall–Kier alpha value is -0.470. The maximum Gasteiger partial charge on any atom is 0.320 e. The second-order valence-electron chi connectivity index (χ2n) is 3.65. The Morgan fingerprint density at radius 1 is 1.11 bits per heavy atom. The summed E-state index contributed by atoms with van der Waals surface area (Å²) in [7, 11) is 0. The lowest BCUT2D eigenvalue weighted by Gasteiger charge is -2.19. The number of unbranched alkanes of at least 4 members (excludes halogenated alkanes) is 1. The van der Waals surface area contributed by atoms with Crippen LogP contribution in [0.4, 0.5) is 0 Å². The molecule has 0 saturated carbocycles. The third-order valence-corrected chi connectivity index (χ3v) is 3.25. The predicted octanol–water partition coefficient (Wildman–Crippen LogP) is 0.714. The van der Waals surface area contributed by atoms with Crippen LogP contribution in [-0.2, 0) is 14.4 Å². The number of alkyl halides is 2. The van der Waals surface area contributed by atoms with Gasteiger partial charge in [-0.15, -0.1) is 0 Å². The van der Waals surface area contributed by atoms with Gasteiger partial charge in [-0.3, -0.25) is 19.3 Å². The van der Waals surface area contributed by atoms with Gasteiger partial charge in [0, 0.05) is 6.54 Å². The van der Waals surface area contributed by atoms with Crippen LogP contribution in [0.1, 0.15) is 19.3 Å². The average molecular weight is 388 g/mol. The van der Waals surface area contributed by atoms with Gasteiger partial charge in [-0.1, -0.05) is 31.9 Å². The molecule has 0 aliphatic rings. The van der Waals surface area contributed by atoms with Crippen LogP contribution in [0.2, 0.25) is 0 Å². The Balaban J connectivity index is 4.09. The number of carbonyl (C=O) groups is 3. The minimum Gasteiger partial charge on any atom is -0.480 e. The molecule has 6 nitrogen and oxygen atoms in total. The van der Waals surface area contributed by atoms with Crippen molar-refractivity contribution in [3.8, 4) is 0 Å². The number of carboxylic acids is 1. The van der Waals surface area contributed by atoms with E-state index in [0.29, 0.717) is 19.3 Å². The minimum atomic E-state index is -1.04. The van der Waals surface area contributed by atoms with Gasteiger partial charge >= 0.3 is 5.97 Å². The van der Waals surface area contributed by atoms with Crippen molar-refractivity contribution < 1.29 is 19.5 Å². The molecule has 1 unspecified atom stereocenters. The number of hydrogen-bond acceptors (Lipinski definition) is 4. The lowest BCUT2D eigenvalue weighted by molar-refractivity contribution is -0.142. The average Bonchev–Trinajstić information content (AvgIpc) is 2.36. The van der Waals surface area contributed by atoms with Crippen LogP contribution >= 0.6 is 31.9 Å². The Morgan fingerprint density at radius 2 is 1.61 bits per heavy atom. The SMILES string of the molecule is NC(CCCCN(C(=O)CBr)C(=O)CBr)C(=O)O. The molecule has 3 N–H and O–H groups in total. The van der Waals surface area contributed by atoms with Gasteiger partial charge in [0.15, 0.2) is 0 Å². The van der Waals surface area contributed by atoms with E-state index in [1.807, 2.05) is 0 Å². The molecular weight excluding hydrogens is 372 g/mol. The van der Waals surface area contributed by atoms with Gasteiger partial charge in [-0.05, 0) is 19.3 Å². The first-order chi connectivity index (χ1) is 8.43. The molecule has 0 fully saturated rings. The summed E-state index contributed by atoms with van der Waals surface area (Å²) in [6, 6.07) is -0.891. The van der Waals surface area contributed by atoms with Crippen LogP contribution in [0.3, 0.4) is 0 Å². The van der Waals surface area contributed by atoms with Crippen LogP contribution in [0.5, 0.6) is 0 Å². The van der Waals surface area contributed by atoms with Crippen molar-refractivity contribution in [2.45, 2.75) is 25.3 Å². The number of amides is 2. The van der Waals surface area contributed by atoms with Crippen molar-refractivity contribution >= 4 is 49.6 Å². The van der Waals surface area contributed by atoms with E-state index in [0.717, 1.165) is 4.90 Å². The zero-order valence-electron chi connectivity index (χ0n) is 9.77. The van der Waals surface area contributed by atoms with Crippen molar-refractivity contribution in [3.63, 3.8) is 0 Å². The summed E-state index contributed by atoms with van der Waals surface area (Å²) in [6.45, 7) is 0.279. The first kappa shape index (κ1) is 17.5. The van der Waals surface area contributed by atoms with E-state index in [1.165, 1.54) is 0 Å². The Bertz CT molecular complexity index is 296. The maximum absolute atomic E-state index is 11.5. The highest BCUT2D eigenvalue weighted by Crippen LogP contribution is 2.05. The van der Waals surface area contributed by atoms with E-state index in [1.54, 1.807) is 0 Å². The molecule has 0 bridgehead atoms. The lowest BCUT2D eigenvalue weighted by Crippen LogP contribution is -2.39. The molecule has 0 aromatic heterocycles. The first-order valence-corrected chi connectivity index (χ1v) is 7.61. The van der Waals surface area contributed by atoms with E-state index in [9.17, 15) is 14.4 Å². The molecule has 0 rings (SSSR count). The smallest absolute Gasteiger partial charge is 0.320 e. The van der Waals surface area contributed by atoms with Crippen molar-refractivity contribution in [2.75, 3.05) is 17.2 Å². The van der Waals surface area contributed by atoms with E-state index in [2.05, 4.69) is 31.9 Å². The predicted molar refractivity (Wildman–Crippen MR) is 73.8 cm³/mol. The van der Waals surface area contributed by atoms with Crippen LogP contribution < -0.4 is 5.73 Å². The van der Waals surface area contributed by atoms with E-state index in [4.69, 9.17) is 10.8 Å². The number of imide groups is 1. The molecule has 0 aromatic rings. The molecule has 0 radical (unpaired) electrons. The summed E-state index contributed by atoms with van der Waals surface area (Å²) in [4.78, 5) is 34.6. The highest BCUT2D eigenvalue weighted by atomic mass is 79.9. The molecule has 2 amide bonds. The zero-order chi connectivity index (χ0) is 14.1. The monoisotopic (exact) mass is 386 g/mol. The van der Waals surface area contributed by atoms with Crippen LogP contribution in [-0.4, -0.2) is 51.0 Å². The van der Waals surface area contributed by atoms with Gasteiger partial charge in [-0.25, -0.2) is 0 Å². The summed E-state index contributed by atoms with van der Waals surface area (Å²) in [5.74, 6) is -1.65. The number of carbonyl (C=O) groups excluding carboxylic acids is 2. The normalized spacial score (nSPS) is 11.9. The van der Waals surface area contributed by atoms with E-state index in [-0.39, 0.29) is 29.0 Å². The van der Waals surface area contributed by atoms with Gasteiger partial charge in [0.05, 0.1) is 10.7 Å². The van der Waals surface area contributed by atoms with Crippen LogP contribution in [0, 0.1) is 0 Å². The van der Waals surface area contributed by atoms with Gasteiger partial charge in [0.1, 0.15) is 6.04 Å². The second kappa shape index (κ2) is 9.46. The fraction of sp³-hybridized carbons (Fsp3) is 0.700. The third kappa shape index (κ3) is 6.46. The number of carboxylic acid groups (broad SMARTS) is 1. The fourth-order valence-electron chi connectivity index (χ4n) is 1.29. The number of rotatable bonds is 8. The summed E-state index contributed by atoms with van der Waals surface area (Å²) >= 11 is 6.02. The molecule has 18 heavy (non-hydrogen) atoms. The van der Waals surface area contributed by atoms with Crippen LogP contribution in [0.15, 0.2) is 0 Å². The van der Waals surface area contributed by atoms with Crippen molar-refractivity contribution in [3.05, 3.63) is 0 Å². The fourth-order valence-corrected chi connectivity index (χ4v) is 1.90. The number of hydrogen-bond donors (Lipinski definition) is 2. The summed E-state index contributed by atoms with van der Waals surface area (Å²) < 4.78 is 0. The van der Waals surface area contributed by atoms with Gasteiger partial charge in [0.2, 0.25) is 11.8 Å². The Labute approximate surface area is 122 Å². The molecule has 0 heterocycles. The van der Waals surface area contributed by atoms with E-state index >= 15 is 0 Å². The van der Waals surface area contributed by atoms with Gasteiger partial charge in [-0.2, -0.15) is 0 Å². The lowest BCUT2D eigenvalue weighted by atomic mass is 10.1. The van der Waals surface area contributed by atoms with E-state index < -0.39 is 12.0 Å². The minimum absolute atomic E-state index is 0.0837. The first-order valence-electron chi connectivity index (χ1n) is 5.37. The second-order valence-corrected chi connectivity index (χ2v) is 4.77. The summed E-state index contributed by atoms with van der Waals surface area (Å²) in [5.41, 5.74) is 5.34. The highest BCUT2D eigenvalue weighted by Gasteiger charge is 2.19. The molecule has 0 aromatic carbocycles. The number of nitrogens with two attached hydrogens (primary N) is 1. The van der Waals surface area contributed by atoms with Crippen LogP contribution in [0.25, 0.3) is 0 Å². The summed E-state index contributed by atoms with van der Waals surface area (Å²) in [6.07, 6.45) is 1.42. The molecule has 104 valence electrons. The Kier molecular flexibility index (Phi) is 9.21. The highest BCUT2D eigenvalue weighted by molar-refractivity contribution is 9.09. The molecular formula is C10H16Br2N2O4. The topological polar surface area (TPSA) is 101 Å². The molecule has 1 atom stereocenters. The van der Waals surface area contributed by atoms with Gasteiger partial charge < -0.3 is 10.8 Å². The van der Waals surface area contributed by atoms with Crippen molar-refractivity contribution in [1.82, 2.24) is 4.90 Å². The quantitative estimate of drug-likeness (QED) is 0.472. The zero-order valence-corrected chi connectivity index (χ0v) is 12.9. The number of aliphatic carboxylic acids is 1. The third-order valence-electron chi connectivity index (χ3n) is 2.29. The molecule has 8 heteroatoms. The van der Waals surface area contributed by atoms with Crippen molar-refractivity contribution in [2.24, 2.45) is 5.73 Å². The Morgan fingerprint density at radius 3 is 2.00 bits per heavy atom. The summed E-state index contributed by atoms with van der Waals surface area (Å²) in [5, 5.41) is 8.75. The number of nitrogens with zero attached hydrogens (tertiary/aromatic N) is 1. The molecule has 0 aliphatic carbocycles.